The van der Waals surface area contributed by atoms with Gasteiger partial charge in [-0.3, -0.25) is 0 Å². The third kappa shape index (κ3) is 701. The molecule has 0 amide bonds. The molecule has 0 radical (unpaired) electrons. The van der Waals surface area contributed by atoms with Gasteiger partial charge in [0.05, 0.1) is 0 Å². The summed E-state index contributed by atoms with van der Waals surface area (Å²) in [5.41, 5.74) is 0. The van der Waals surface area contributed by atoms with Crippen molar-refractivity contribution in [3.63, 3.8) is 0 Å². The molecule has 0 atom stereocenters. The molecule has 0 aromatic heterocycles. The van der Waals surface area contributed by atoms with Crippen LogP contribution in [0.3, 0.4) is 0 Å². The first-order valence-electron chi connectivity index (χ1n) is 0.703. The molecule has 2 nitrogen and oxygen atoms in total. The van der Waals surface area contributed by atoms with Crippen molar-refractivity contribution in [2.75, 3.05) is 0 Å². The van der Waals surface area contributed by atoms with Gasteiger partial charge >= 0.3 is 27.0 Å². The fourth-order valence-corrected chi connectivity index (χ4v) is 0. The molecule has 0 N–H and O–H groups in total. The van der Waals surface area contributed by atoms with E-state index in [0.29, 0.717) is 0 Å². The molecule has 0 aromatic carbocycles. The van der Waals surface area contributed by atoms with Crippen molar-refractivity contribution in [1.82, 2.24) is 0 Å². The van der Waals surface area contributed by atoms with Crippen molar-refractivity contribution in [2.45, 2.75) is 0 Å². The summed E-state index contributed by atoms with van der Waals surface area (Å²) in [4.78, 5) is 16.0. The van der Waals surface area contributed by atoms with Gasteiger partial charge in [-0.15, -0.1) is 0 Å². The van der Waals surface area contributed by atoms with Gasteiger partial charge < -0.3 is 9.59 Å². The zero-order valence-electron chi connectivity index (χ0n) is 2.94. The normalized spacial score (nSPS) is 2.50. The number of carbonyl (C=O) groups excluding carboxylic acids is 2. The van der Waals surface area contributed by atoms with E-state index in [1.807, 2.05) is 30.9 Å². The van der Waals surface area contributed by atoms with Crippen molar-refractivity contribution >= 4 is 23.3 Å². The average Bonchev–Trinajstić information content (AvgIpc) is 1.81. The number of carbonyl (C=O) groups is 2. The molecule has 0 aliphatic carbocycles. The molecular formula is C2H4ClO2Rh. The van der Waals surface area contributed by atoms with Gasteiger partial charge in [0.25, 0.3) is 0 Å². The van der Waals surface area contributed by atoms with Crippen LogP contribution in [-0.2, 0) is 26.9 Å². The van der Waals surface area contributed by atoms with Crippen LogP contribution in [-0.4, -0.2) is 13.6 Å². The molecule has 0 aliphatic heterocycles. The van der Waals surface area contributed by atoms with Gasteiger partial charge in [-0.25, -0.2) is 0 Å². The fourth-order valence-electron chi connectivity index (χ4n) is 0. The van der Waals surface area contributed by atoms with Crippen LogP contribution in [0.4, 0.5) is 0 Å². The summed E-state index contributed by atoms with van der Waals surface area (Å²) in [6, 6.07) is 0. The average molecular weight is 198 g/mol. The number of hydrogen-bond donors (Lipinski definition) is 0. The predicted octanol–water partition coefficient (Wildman–Crippen LogP) is 0.317. The van der Waals surface area contributed by atoms with Crippen LogP contribution < -0.4 is 0 Å². The van der Waals surface area contributed by atoms with Crippen LogP contribution >= 0.6 is 9.69 Å². The molecule has 40 valence electrons. The quantitative estimate of drug-likeness (QED) is 0.525. The summed E-state index contributed by atoms with van der Waals surface area (Å²) in [5.74, 6) is 0. The molecule has 0 unspecified atom stereocenters. The van der Waals surface area contributed by atoms with Crippen LogP contribution in [0.5, 0.6) is 0 Å². The van der Waals surface area contributed by atoms with Crippen LogP contribution in [0.25, 0.3) is 0 Å². The van der Waals surface area contributed by atoms with Crippen LogP contribution in [0.15, 0.2) is 0 Å². The summed E-state index contributed by atoms with van der Waals surface area (Å²) >= 11 is 2.02. The van der Waals surface area contributed by atoms with E-state index in [-0.39, 0.29) is 0 Å². The minimum absolute atomic E-state index is 2.00. The third-order valence-corrected chi connectivity index (χ3v) is 0. The summed E-state index contributed by atoms with van der Waals surface area (Å²) in [6.45, 7) is 4.00. The summed E-state index contributed by atoms with van der Waals surface area (Å²) < 4.78 is 0. The van der Waals surface area contributed by atoms with Crippen molar-refractivity contribution in [2.24, 2.45) is 0 Å². The van der Waals surface area contributed by atoms with E-state index in [4.69, 9.17) is 9.59 Å². The third-order valence-electron chi connectivity index (χ3n) is 0. The van der Waals surface area contributed by atoms with Crippen molar-refractivity contribution in [3.8, 4) is 0 Å². The van der Waals surface area contributed by atoms with Gasteiger partial charge in [0.1, 0.15) is 13.6 Å². The second-order valence-corrected chi connectivity index (χ2v) is 0. The van der Waals surface area contributed by atoms with Gasteiger partial charge in [-0.05, 0) is 0 Å². The van der Waals surface area contributed by atoms with Crippen molar-refractivity contribution in [3.05, 3.63) is 0 Å². The maximum atomic E-state index is 8.00. The first-order chi connectivity index (χ1) is 3.00. The Balaban J connectivity index is -0.0000000225. The Hall–Kier alpha value is 0.253. The zero-order chi connectivity index (χ0) is 6.00. The maximum absolute atomic E-state index is 8.00. The van der Waals surface area contributed by atoms with Gasteiger partial charge in [0, 0.05) is 0 Å². The molecule has 0 spiro atoms. The predicted molar refractivity (Wildman–Crippen MR) is 20.1 cm³/mol. The standard InChI is InChI=1S/2CH2O.ClH.Rh/c2*1-2;;/h2*1H2;1H;/q;;;+1/p-1. The molecule has 0 aliphatic rings. The SMILES string of the molecule is C=O.C=O.[Cl][Rh]. The Morgan fingerprint density at radius 2 is 1.00 bits per heavy atom. The number of rotatable bonds is 0. The van der Waals surface area contributed by atoms with Crippen molar-refractivity contribution < 1.29 is 26.9 Å². The first kappa shape index (κ1) is 16.3. The van der Waals surface area contributed by atoms with E-state index in [9.17, 15) is 0 Å². The minimum atomic E-state index is 2.00. The Kier molecular flexibility index (Phi) is 4020. The molecule has 0 rings (SSSR count). The molecular weight excluding hydrogens is 194 g/mol. The molecule has 6 heavy (non-hydrogen) atoms. The Morgan fingerprint density at radius 1 is 1.00 bits per heavy atom. The van der Waals surface area contributed by atoms with Gasteiger partial charge in [0.2, 0.25) is 0 Å². The van der Waals surface area contributed by atoms with Crippen molar-refractivity contribution in [1.29, 1.82) is 0 Å². The van der Waals surface area contributed by atoms with E-state index < -0.39 is 0 Å². The Morgan fingerprint density at radius 3 is 1.00 bits per heavy atom. The Labute approximate surface area is 50.6 Å². The second kappa shape index (κ2) is 1480. The second-order valence-electron chi connectivity index (χ2n) is 0. The van der Waals surface area contributed by atoms with E-state index in [1.54, 1.807) is 0 Å². The van der Waals surface area contributed by atoms with Crippen LogP contribution in [0.2, 0.25) is 0 Å². The summed E-state index contributed by atoms with van der Waals surface area (Å²) in [6.07, 6.45) is 0. The monoisotopic (exact) mass is 198 g/mol. The molecule has 0 aromatic rings. The molecule has 0 bridgehead atoms. The topological polar surface area (TPSA) is 34.1 Å². The number of hydrogen-bond acceptors (Lipinski definition) is 2. The zero-order valence-corrected chi connectivity index (χ0v) is 5.34. The van der Waals surface area contributed by atoms with E-state index >= 15 is 0 Å². The van der Waals surface area contributed by atoms with Crippen LogP contribution in [0, 0.1) is 0 Å². The molecule has 4 heteroatoms. The van der Waals surface area contributed by atoms with E-state index in [2.05, 4.69) is 9.69 Å². The fraction of sp³-hybridized carbons (Fsp3) is 0. The number of halogens is 1. The van der Waals surface area contributed by atoms with E-state index in [1.165, 1.54) is 0 Å². The van der Waals surface area contributed by atoms with Gasteiger partial charge in [-0.1, -0.05) is 0 Å². The van der Waals surface area contributed by atoms with Gasteiger partial charge in [-0.2, -0.15) is 0 Å². The summed E-state index contributed by atoms with van der Waals surface area (Å²) in [5, 5.41) is 0. The Bertz CT molecular complexity index is 13.5. The first-order valence-corrected chi connectivity index (χ1v) is 2.81. The van der Waals surface area contributed by atoms with Crippen LogP contribution in [0.1, 0.15) is 0 Å². The molecule has 0 fully saturated rings. The van der Waals surface area contributed by atoms with E-state index in [0.717, 1.165) is 0 Å². The molecule has 0 saturated carbocycles. The summed E-state index contributed by atoms with van der Waals surface area (Å²) in [7, 11) is 4.53. The molecule has 0 saturated heterocycles. The van der Waals surface area contributed by atoms with Gasteiger partial charge in [0.15, 0.2) is 0 Å². The molecule has 0 heterocycles.